The summed E-state index contributed by atoms with van der Waals surface area (Å²) in [5, 5.41) is 8.94. The minimum atomic E-state index is -4.44. The molecule has 1 aliphatic heterocycles. The maximum absolute atomic E-state index is 12.7. The highest BCUT2D eigenvalue weighted by Crippen LogP contribution is 2.31. The van der Waals surface area contributed by atoms with Gasteiger partial charge >= 0.3 is 6.18 Å². The number of halogens is 3. The number of piperidine rings is 1. The summed E-state index contributed by atoms with van der Waals surface area (Å²) in [6.07, 6.45) is 2.76. The third-order valence-corrected chi connectivity index (χ3v) is 5.05. The molecule has 8 nitrogen and oxygen atoms in total. The number of alkyl halides is 3. The van der Waals surface area contributed by atoms with Gasteiger partial charge in [0.25, 0.3) is 6.47 Å². The molecule has 0 aliphatic carbocycles. The quantitative estimate of drug-likeness (QED) is 0.708. The number of carbonyl (C=O) groups excluding carboxylic acids is 1. The van der Waals surface area contributed by atoms with Crippen LogP contribution in [0.15, 0.2) is 37.1 Å². The predicted octanol–water partition coefficient (Wildman–Crippen LogP) is 1.96. The SMILES string of the molecule is Cc1cccnc1CN1CCC(C(=O)NCC(F)(F)F)(n2ccnc2)CC1.O=CO. The zero-order chi connectivity index (χ0) is 22.2. The molecule has 0 saturated carbocycles. The van der Waals surface area contributed by atoms with Crippen LogP contribution in [-0.2, 0) is 21.7 Å². The fourth-order valence-electron chi connectivity index (χ4n) is 3.44. The molecule has 0 spiro atoms. The first kappa shape index (κ1) is 23.3. The summed E-state index contributed by atoms with van der Waals surface area (Å²) in [4.78, 5) is 31.6. The number of rotatable bonds is 5. The van der Waals surface area contributed by atoms with Crippen LogP contribution in [0.3, 0.4) is 0 Å². The summed E-state index contributed by atoms with van der Waals surface area (Å²) in [6, 6.07) is 3.87. The van der Waals surface area contributed by atoms with E-state index >= 15 is 0 Å². The summed E-state index contributed by atoms with van der Waals surface area (Å²) in [6.45, 7) is 2.21. The Kier molecular flexibility index (Phi) is 7.93. The van der Waals surface area contributed by atoms with Crippen molar-refractivity contribution in [1.82, 2.24) is 24.8 Å². The highest BCUT2D eigenvalue weighted by atomic mass is 19.4. The van der Waals surface area contributed by atoms with Gasteiger partial charge in [0, 0.05) is 38.2 Å². The summed E-state index contributed by atoms with van der Waals surface area (Å²) in [5.41, 5.74) is 0.998. The van der Waals surface area contributed by atoms with E-state index in [2.05, 4.69) is 20.2 Å². The van der Waals surface area contributed by atoms with Crippen LogP contribution in [-0.4, -0.2) is 62.7 Å². The predicted molar refractivity (Wildman–Crippen MR) is 101 cm³/mol. The number of aromatic nitrogens is 3. The minimum Gasteiger partial charge on any atom is -0.483 e. The molecule has 11 heteroatoms. The molecule has 0 unspecified atom stereocenters. The molecule has 3 heterocycles. The van der Waals surface area contributed by atoms with Gasteiger partial charge in [-0.1, -0.05) is 6.07 Å². The number of carboxylic acid groups (broad SMARTS) is 1. The van der Waals surface area contributed by atoms with E-state index in [9.17, 15) is 18.0 Å². The first-order chi connectivity index (χ1) is 14.2. The molecular weight excluding hydrogens is 403 g/mol. The molecule has 2 aromatic rings. The molecule has 0 bridgehead atoms. The molecule has 1 saturated heterocycles. The van der Waals surface area contributed by atoms with Gasteiger partial charge in [-0.2, -0.15) is 13.2 Å². The lowest BCUT2D eigenvalue weighted by molar-refractivity contribution is -0.145. The maximum atomic E-state index is 12.7. The van der Waals surface area contributed by atoms with Crippen LogP contribution in [0.4, 0.5) is 13.2 Å². The lowest BCUT2D eigenvalue weighted by Gasteiger charge is -2.41. The Labute approximate surface area is 171 Å². The van der Waals surface area contributed by atoms with Crippen molar-refractivity contribution < 1.29 is 27.9 Å². The molecule has 30 heavy (non-hydrogen) atoms. The second-order valence-electron chi connectivity index (χ2n) is 6.95. The molecule has 1 aliphatic rings. The van der Waals surface area contributed by atoms with Gasteiger partial charge in [0.05, 0.1) is 12.0 Å². The molecule has 0 atom stereocenters. The fraction of sp³-hybridized carbons (Fsp3) is 0.474. The van der Waals surface area contributed by atoms with E-state index in [0.29, 0.717) is 32.5 Å². The Hall–Kier alpha value is -2.95. The molecule has 1 fully saturated rings. The number of hydrogen-bond acceptors (Lipinski definition) is 5. The second kappa shape index (κ2) is 10.2. The zero-order valence-corrected chi connectivity index (χ0v) is 16.5. The fourth-order valence-corrected chi connectivity index (χ4v) is 3.44. The summed E-state index contributed by atoms with van der Waals surface area (Å²) >= 11 is 0. The highest BCUT2D eigenvalue weighted by Gasteiger charge is 2.44. The molecular formula is C19H24F3N5O3. The largest absolute Gasteiger partial charge is 0.483 e. The van der Waals surface area contributed by atoms with Gasteiger partial charge in [-0.25, -0.2) is 4.98 Å². The lowest BCUT2D eigenvalue weighted by atomic mass is 9.86. The van der Waals surface area contributed by atoms with Crippen molar-refractivity contribution in [2.45, 2.75) is 38.0 Å². The first-order valence-electron chi connectivity index (χ1n) is 9.26. The van der Waals surface area contributed by atoms with E-state index in [4.69, 9.17) is 9.90 Å². The summed E-state index contributed by atoms with van der Waals surface area (Å²) in [5.74, 6) is -0.619. The number of hydrogen-bond donors (Lipinski definition) is 2. The number of amides is 1. The van der Waals surface area contributed by atoms with E-state index in [-0.39, 0.29) is 6.47 Å². The standard InChI is InChI=1S/C18H22F3N5O.CH2O2/c1-14-3-2-6-23-15(14)11-25-8-4-17(5-9-25,26-10-7-22-13-26)16(27)24-12-18(19,20)21;2-1-3/h2-3,6-7,10,13H,4-5,8-9,11-12H2,1H3,(H,24,27);1H,(H,2,3). The van der Waals surface area contributed by atoms with Crippen molar-refractivity contribution in [1.29, 1.82) is 0 Å². The molecule has 1 amide bonds. The van der Waals surface area contributed by atoms with Gasteiger partial charge in [0.1, 0.15) is 12.1 Å². The third-order valence-electron chi connectivity index (χ3n) is 5.05. The minimum absolute atomic E-state index is 0.250. The molecule has 0 aromatic carbocycles. The second-order valence-corrected chi connectivity index (χ2v) is 6.95. The topological polar surface area (TPSA) is 100 Å². The molecule has 3 rings (SSSR count). The molecule has 2 aromatic heterocycles. The van der Waals surface area contributed by atoms with E-state index in [1.54, 1.807) is 17.0 Å². The van der Waals surface area contributed by atoms with Crippen molar-refractivity contribution in [3.8, 4) is 0 Å². The Morgan fingerprint density at radius 2 is 2.00 bits per heavy atom. The maximum Gasteiger partial charge on any atom is 0.405 e. The van der Waals surface area contributed by atoms with E-state index in [0.717, 1.165) is 11.3 Å². The average molecular weight is 427 g/mol. The van der Waals surface area contributed by atoms with Gasteiger partial charge < -0.3 is 15.0 Å². The van der Waals surface area contributed by atoms with Gasteiger partial charge in [-0.3, -0.25) is 19.5 Å². The highest BCUT2D eigenvalue weighted by molar-refractivity contribution is 5.84. The van der Waals surface area contributed by atoms with Crippen LogP contribution in [0.1, 0.15) is 24.1 Å². The summed E-state index contributed by atoms with van der Waals surface area (Å²) < 4.78 is 39.3. The van der Waals surface area contributed by atoms with E-state index < -0.39 is 24.2 Å². The Morgan fingerprint density at radius 1 is 1.33 bits per heavy atom. The Bertz CT molecular complexity index is 819. The zero-order valence-electron chi connectivity index (χ0n) is 16.5. The number of carbonyl (C=O) groups is 2. The van der Waals surface area contributed by atoms with Crippen LogP contribution >= 0.6 is 0 Å². The monoisotopic (exact) mass is 427 g/mol. The van der Waals surface area contributed by atoms with E-state index in [1.807, 2.05) is 19.1 Å². The van der Waals surface area contributed by atoms with Crippen LogP contribution in [0.2, 0.25) is 0 Å². The van der Waals surface area contributed by atoms with Crippen LogP contribution < -0.4 is 5.32 Å². The molecule has 0 radical (unpaired) electrons. The van der Waals surface area contributed by atoms with Crippen molar-refractivity contribution in [3.05, 3.63) is 48.3 Å². The summed E-state index contributed by atoms with van der Waals surface area (Å²) in [7, 11) is 0. The Morgan fingerprint density at radius 3 is 2.53 bits per heavy atom. The van der Waals surface area contributed by atoms with Crippen molar-refractivity contribution >= 4 is 12.4 Å². The van der Waals surface area contributed by atoms with Crippen molar-refractivity contribution in [2.75, 3.05) is 19.6 Å². The van der Waals surface area contributed by atoms with Crippen LogP contribution in [0.5, 0.6) is 0 Å². The molecule has 2 N–H and O–H groups in total. The van der Waals surface area contributed by atoms with Crippen LogP contribution in [0, 0.1) is 6.92 Å². The number of pyridine rings is 1. The third kappa shape index (κ3) is 6.02. The van der Waals surface area contributed by atoms with Crippen molar-refractivity contribution in [2.24, 2.45) is 0 Å². The number of likely N-dealkylation sites (tertiary alicyclic amines) is 1. The van der Waals surface area contributed by atoms with Crippen LogP contribution in [0.25, 0.3) is 0 Å². The lowest BCUT2D eigenvalue weighted by Crippen LogP contribution is -2.55. The average Bonchev–Trinajstić information content (AvgIpc) is 3.24. The normalized spacial score (nSPS) is 16.3. The number of nitrogens with one attached hydrogen (secondary N) is 1. The van der Waals surface area contributed by atoms with Gasteiger partial charge in [0.15, 0.2) is 0 Å². The van der Waals surface area contributed by atoms with E-state index in [1.165, 1.54) is 12.5 Å². The number of aryl methyl sites for hydroxylation is 1. The van der Waals surface area contributed by atoms with Gasteiger partial charge in [0.2, 0.25) is 5.91 Å². The molecule has 164 valence electrons. The van der Waals surface area contributed by atoms with Gasteiger partial charge in [-0.15, -0.1) is 0 Å². The number of imidazole rings is 1. The van der Waals surface area contributed by atoms with Gasteiger partial charge in [-0.05, 0) is 31.4 Å². The van der Waals surface area contributed by atoms with Crippen molar-refractivity contribution in [3.63, 3.8) is 0 Å². The first-order valence-corrected chi connectivity index (χ1v) is 9.26. The smallest absolute Gasteiger partial charge is 0.405 e. The number of nitrogens with zero attached hydrogens (tertiary/aromatic N) is 4. The Balaban J connectivity index is 0.00000101.